The minimum absolute atomic E-state index is 0.105. The zero-order valence-corrected chi connectivity index (χ0v) is 12.1. The van der Waals surface area contributed by atoms with Gasteiger partial charge in [0.05, 0.1) is 20.6 Å². The summed E-state index contributed by atoms with van der Waals surface area (Å²) in [5.74, 6) is 1.14. The molecular formula is C16H18N2O3. The van der Waals surface area contributed by atoms with Gasteiger partial charge in [-0.25, -0.2) is 0 Å². The number of anilines is 2. The molecule has 21 heavy (non-hydrogen) atoms. The number of hydrogen-bond acceptors (Lipinski definition) is 4. The van der Waals surface area contributed by atoms with Gasteiger partial charge in [-0.3, -0.25) is 4.79 Å². The highest BCUT2D eigenvalue weighted by molar-refractivity contribution is 5.92. The van der Waals surface area contributed by atoms with Crippen molar-refractivity contribution in [3.63, 3.8) is 0 Å². The molecule has 0 fully saturated rings. The number of amides is 1. The fourth-order valence-electron chi connectivity index (χ4n) is 1.95. The van der Waals surface area contributed by atoms with Crippen LogP contribution in [0.5, 0.6) is 11.5 Å². The fourth-order valence-corrected chi connectivity index (χ4v) is 1.95. The number of nitrogens with two attached hydrogens (primary N) is 1. The highest BCUT2D eigenvalue weighted by Gasteiger charge is 2.08. The number of nitrogen functional groups attached to an aromatic ring is 1. The number of nitrogens with one attached hydrogen (secondary N) is 1. The molecule has 0 unspecified atom stereocenters. The van der Waals surface area contributed by atoms with Gasteiger partial charge in [-0.2, -0.15) is 0 Å². The number of rotatable bonds is 5. The van der Waals surface area contributed by atoms with Gasteiger partial charge in [0, 0.05) is 11.4 Å². The predicted octanol–water partition coefficient (Wildman–Crippen LogP) is 2.47. The maximum Gasteiger partial charge on any atom is 0.228 e. The molecule has 3 N–H and O–H groups in total. The van der Waals surface area contributed by atoms with Crippen molar-refractivity contribution in [1.82, 2.24) is 0 Å². The monoisotopic (exact) mass is 286 g/mol. The molecule has 0 bridgehead atoms. The molecule has 5 heteroatoms. The van der Waals surface area contributed by atoms with E-state index in [2.05, 4.69) is 5.32 Å². The van der Waals surface area contributed by atoms with Crippen molar-refractivity contribution in [2.75, 3.05) is 25.3 Å². The second-order valence-corrected chi connectivity index (χ2v) is 4.54. The van der Waals surface area contributed by atoms with Gasteiger partial charge in [-0.15, -0.1) is 0 Å². The summed E-state index contributed by atoms with van der Waals surface area (Å²) in [6, 6.07) is 12.4. The van der Waals surface area contributed by atoms with E-state index in [4.69, 9.17) is 15.2 Å². The summed E-state index contributed by atoms with van der Waals surface area (Å²) in [5.41, 5.74) is 7.83. The quantitative estimate of drug-likeness (QED) is 0.828. The van der Waals surface area contributed by atoms with E-state index in [9.17, 15) is 4.79 Å². The molecule has 5 nitrogen and oxygen atoms in total. The second-order valence-electron chi connectivity index (χ2n) is 4.54. The number of benzene rings is 2. The van der Waals surface area contributed by atoms with E-state index in [-0.39, 0.29) is 12.3 Å². The first kappa shape index (κ1) is 14.7. The van der Waals surface area contributed by atoms with Crippen LogP contribution in [0.25, 0.3) is 0 Å². The summed E-state index contributed by atoms with van der Waals surface area (Å²) in [6.45, 7) is 0. The molecule has 0 aromatic heterocycles. The Balaban J connectivity index is 2.04. The lowest BCUT2D eigenvalue weighted by atomic mass is 10.1. The highest BCUT2D eigenvalue weighted by atomic mass is 16.5. The molecule has 0 saturated heterocycles. The van der Waals surface area contributed by atoms with Crippen molar-refractivity contribution in [2.24, 2.45) is 0 Å². The van der Waals surface area contributed by atoms with Gasteiger partial charge < -0.3 is 20.5 Å². The maximum absolute atomic E-state index is 12.0. The van der Waals surface area contributed by atoms with E-state index in [1.54, 1.807) is 50.6 Å². The number of ether oxygens (including phenoxy) is 2. The molecule has 0 atom stereocenters. The highest BCUT2D eigenvalue weighted by Crippen LogP contribution is 2.27. The van der Waals surface area contributed by atoms with Crippen LogP contribution in [0.3, 0.4) is 0 Å². The second kappa shape index (κ2) is 6.65. The van der Waals surface area contributed by atoms with Gasteiger partial charge in [0.15, 0.2) is 11.5 Å². The topological polar surface area (TPSA) is 73.6 Å². The molecule has 0 heterocycles. The Kier molecular flexibility index (Phi) is 4.66. The molecular weight excluding hydrogens is 268 g/mol. The molecule has 0 saturated carbocycles. The molecule has 0 aliphatic rings. The summed E-state index contributed by atoms with van der Waals surface area (Å²) in [6.07, 6.45) is 0.255. The fraction of sp³-hybridized carbons (Fsp3) is 0.188. The Morgan fingerprint density at radius 2 is 1.71 bits per heavy atom. The van der Waals surface area contributed by atoms with Crippen LogP contribution in [-0.4, -0.2) is 20.1 Å². The Morgan fingerprint density at radius 3 is 2.33 bits per heavy atom. The van der Waals surface area contributed by atoms with E-state index in [0.29, 0.717) is 17.2 Å². The van der Waals surface area contributed by atoms with Crippen LogP contribution in [0, 0.1) is 0 Å². The summed E-state index contributed by atoms with van der Waals surface area (Å²) in [5, 5.41) is 2.82. The van der Waals surface area contributed by atoms with Crippen molar-refractivity contribution < 1.29 is 14.3 Å². The normalized spacial score (nSPS) is 10.0. The molecule has 1 amide bonds. The van der Waals surface area contributed by atoms with Crippen molar-refractivity contribution in [3.05, 3.63) is 48.0 Å². The summed E-state index contributed by atoms with van der Waals surface area (Å²) < 4.78 is 10.4. The lowest BCUT2D eigenvalue weighted by molar-refractivity contribution is -0.115. The number of hydrogen-bond donors (Lipinski definition) is 2. The largest absolute Gasteiger partial charge is 0.493 e. The minimum atomic E-state index is -0.105. The van der Waals surface area contributed by atoms with E-state index < -0.39 is 0 Å². The van der Waals surface area contributed by atoms with Crippen LogP contribution in [0.1, 0.15) is 5.56 Å². The number of carbonyl (C=O) groups is 1. The van der Waals surface area contributed by atoms with Crippen LogP contribution in [-0.2, 0) is 11.2 Å². The zero-order valence-electron chi connectivity index (χ0n) is 12.1. The minimum Gasteiger partial charge on any atom is -0.493 e. The van der Waals surface area contributed by atoms with Gasteiger partial charge in [0.25, 0.3) is 0 Å². The third kappa shape index (κ3) is 3.89. The van der Waals surface area contributed by atoms with Crippen LogP contribution >= 0.6 is 0 Å². The molecule has 110 valence electrons. The number of carbonyl (C=O) groups excluding carboxylic acids is 1. The third-order valence-corrected chi connectivity index (χ3v) is 3.01. The lowest BCUT2D eigenvalue weighted by Gasteiger charge is -2.10. The molecule has 0 aliphatic heterocycles. The van der Waals surface area contributed by atoms with Crippen LogP contribution in [0.4, 0.5) is 11.4 Å². The first-order valence-electron chi connectivity index (χ1n) is 6.48. The van der Waals surface area contributed by atoms with E-state index in [1.807, 2.05) is 6.07 Å². The van der Waals surface area contributed by atoms with Gasteiger partial charge in [0.2, 0.25) is 5.91 Å². The van der Waals surface area contributed by atoms with Crippen molar-refractivity contribution in [2.45, 2.75) is 6.42 Å². The Hall–Kier alpha value is -2.69. The smallest absolute Gasteiger partial charge is 0.228 e. The van der Waals surface area contributed by atoms with Crippen molar-refractivity contribution >= 4 is 17.3 Å². The molecule has 0 radical (unpaired) electrons. The van der Waals surface area contributed by atoms with E-state index in [1.165, 1.54) is 0 Å². The average Bonchev–Trinajstić information content (AvgIpc) is 2.49. The van der Waals surface area contributed by atoms with Gasteiger partial charge in [-0.1, -0.05) is 6.07 Å². The Labute approximate surface area is 123 Å². The van der Waals surface area contributed by atoms with Crippen molar-refractivity contribution in [1.29, 1.82) is 0 Å². The summed E-state index contributed by atoms with van der Waals surface area (Å²) >= 11 is 0. The van der Waals surface area contributed by atoms with E-state index in [0.717, 1.165) is 11.3 Å². The molecule has 2 aromatic rings. The first-order chi connectivity index (χ1) is 10.1. The Morgan fingerprint density at radius 1 is 1.05 bits per heavy atom. The maximum atomic E-state index is 12.0. The van der Waals surface area contributed by atoms with E-state index >= 15 is 0 Å². The zero-order chi connectivity index (χ0) is 15.2. The number of methoxy groups -OCH3 is 2. The van der Waals surface area contributed by atoms with Crippen molar-refractivity contribution in [3.8, 4) is 11.5 Å². The summed E-state index contributed by atoms with van der Waals surface area (Å²) in [7, 11) is 3.14. The van der Waals surface area contributed by atoms with Crippen LogP contribution < -0.4 is 20.5 Å². The van der Waals surface area contributed by atoms with Crippen LogP contribution in [0.15, 0.2) is 42.5 Å². The molecule has 2 rings (SSSR count). The predicted molar refractivity (Wildman–Crippen MR) is 82.7 cm³/mol. The lowest BCUT2D eigenvalue weighted by Crippen LogP contribution is -2.14. The van der Waals surface area contributed by atoms with Gasteiger partial charge in [0.1, 0.15) is 0 Å². The average molecular weight is 286 g/mol. The SMILES string of the molecule is COc1ccc(CC(=O)Nc2ccc(N)cc2)cc1OC. The standard InChI is InChI=1S/C16H18N2O3/c1-20-14-8-3-11(9-15(14)21-2)10-16(19)18-13-6-4-12(17)5-7-13/h3-9H,10,17H2,1-2H3,(H,18,19). The molecule has 0 spiro atoms. The molecule has 2 aromatic carbocycles. The van der Waals surface area contributed by atoms with Gasteiger partial charge in [-0.05, 0) is 42.0 Å². The van der Waals surface area contributed by atoms with Crippen LogP contribution in [0.2, 0.25) is 0 Å². The Bertz CT molecular complexity index is 624. The summed E-state index contributed by atoms with van der Waals surface area (Å²) in [4.78, 5) is 12.0. The first-order valence-corrected chi connectivity index (χ1v) is 6.48. The molecule has 0 aliphatic carbocycles. The third-order valence-electron chi connectivity index (χ3n) is 3.01. The van der Waals surface area contributed by atoms with Gasteiger partial charge >= 0.3 is 0 Å².